The zero-order chi connectivity index (χ0) is 14.0. The first-order valence-corrected chi connectivity index (χ1v) is 6.93. The molecular weight excluding hydrogens is 335 g/mol. The van der Waals surface area contributed by atoms with Crippen LogP contribution in [0.3, 0.4) is 0 Å². The first-order chi connectivity index (χ1) is 8.99. The Balaban J connectivity index is 2.32. The Bertz CT molecular complexity index is 618. The van der Waals surface area contributed by atoms with Gasteiger partial charge in [-0.2, -0.15) is 4.39 Å². The third-order valence-electron chi connectivity index (χ3n) is 2.51. The molecule has 2 rings (SSSR count). The summed E-state index contributed by atoms with van der Waals surface area (Å²) in [5, 5.41) is 8.83. The fourth-order valence-corrected chi connectivity index (χ4v) is 3.46. The van der Waals surface area contributed by atoms with E-state index in [1.54, 1.807) is 18.2 Å². The molecule has 7 heteroatoms. The van der Waals surface area contributed by atoms with Crippen molar-refractivity contribution >= 4 is 33.4 Å². The van der Waals surface area contributed by atoms with Gasteiger partial charge in [-0.1, -0.05) is 0 Å². The van der Waals surface area contributed by atoms with E-state index in [1.807, 2.05) is 0 Å². The number of amides is 1. The number of hydrogen-bond acceptors (Lipinski definition) is 3. The first kappa shape index (κ1) is 14.0. The Hall–Kier alpha value is -1.47. The van der Waals surface area contributed by atoms with Crippen molar-refractivity contribution in [3.63, 3.8) is 0 Å². The van der Waals surface area contributed by atoms with Crippen molar-refractivity contribution in [1.29, 1.82) is 0 Å². The molecule has 4 nitrogen and oxygen atoms in total. The number of aromatic nitrogens is 1. The molecular formula is C12H10BrFN2O2S. The van der Waals surface area contributed by atoms with Crippen molar-refractivity contribution < 1.29 is 14.3 Å². The SMILES string of the molecule is CN(Cc1cc(-c2cccnc2F)c(Br)s1)C(=O)O. The van der Waals surface area contributed by atoms with Gasteiger partial charge in [0.1, 0.15) is 0 Å². The maximum atomic E-state index is 13.6. The van der Waals surface area contributed by atoms with E-state index in [1.165, 1.54) is 29.5 Å². The summed E-state index contributed by atoms with van der Waals surface area (Å²) in [4.78, 5) is 16.4. The molecule has 1 amide bonds. The third-order valence-corrected chi connectivity index (χ3v) is 4.33. The molecule has 0 fully saturated rings. The van der Waals surface area contributed by atoms with Gasteiger partial charge in [0, 0.05) is 29.2 Å². The minimum Gasteiger partial charge on any atom is -0.465 e. The van der Waals surface area contributed by atoms with Gasteiger partial charge in [-0.15, -0.1) is 11.3 Å². The molecule has 0 bridgehead atoms. The van der Waals surface area contributed by atoms with Crippen molar-refractivity contribution in [2.45, 2.75) is 6.54 Å². The average Bonchev–Trinajstić information content (AvgIpc) is 2.70. The molecule has 0 saturated heterocycles. The van der Waals surface area contributed by atoms with E-state index < -0.39 is 12.0 Å². The Labute approximate surface area is 121 Å². The Morgan fingerprint density at radius 3 is 2.95 bits per heavy atom. The van der Waals surface area contributed by atoms with E-state index in [4.69, 9.17) is 5.11 Å². The quantitative estimate of drug-likeness (QED) is 0.861. The van der Waals surface area contributed by atoms with Crippen LogP contribution in [0.4, 0.5) is 9.18 Å². The molecule has 100 valence electrons. The molecule has 2 heterocycles. The van der Waals surface area contributed by atoms with Gasteiger partial charge in [0.25, 0.3) is 0 Å². The summed E-state index contributed by atoms with van der Waals surface area (Å²) in [6.45, 7) is 0.264. The molecule has 0 aliphatic heterocycles. The second kappa shape index (κ2) is 5.66. The molecule has 0 spiro atoms. The van der Waals surface area contributed by atoms with Crippen molar-refractivity contribution in [3.8, 4) is 11.1 Å². The van der Waals surface area contributed by atoms with E-state index in [2.05, 4.69) is 20.9 Å². The van der Waals surface area contributed by atoms with Crippen LogP contribution >= 0.6 is 27.3 Å². The molecule has 0 saturated carbocycles. The largest absolute Gasteiger partial charge is 0.465 e. The van der Waals surface area contributed by atoms with Gasteiger partial charge in [0.05, 0.1) is 10.3 Å². The average molecular weight is 345 g/mol. The van der Waals surface area contributed by atoms with E-state index in [0.29, 0.717) is 11.1 Å². The molecule has 0 unspecified atom stereocenters. The lowest BCUT2D eigenvalue weighted by atomic mass is 10.1. The molecule has 0 aromatic carbocycles. The minimum absolute atomic E-state index is 0.264. The van der Waals surface area contributed by atoms with Gasteiger partial charge in [-0.05, 0) is 34.1 Å². The summed E-state index contributed by atoms with van der Waals surface area (Å²) in [7, 11) is 1.49. The lowest BCUT2D eigenvalue weighted by Crippen LogP contribution is -2.23. The van der Waals surface area contributed by atoms with E-state index in [0.717, 1.165) is 8.66 Å². The zero-order valence-corrected chi connectivity index (χ0v) is 12.3. The lowest BCUT2D eigenvalue weighted by Gasteiger charge is -2.10. The Kier molecular flexibility index (Phi) is 4.16. The van der Waals surface area contributed by atoms with Crippen LogP contribution in [-0.2, 0) is 6.54 Å². The number of pyridine rings is 1. The van der Waals surface area contributed by atoms with Crippen molar-refractivity contribution in [2.75, 3.05) is 7.05 Å². The van der Waals surface area contributed by atoms with E-state index >= 15 is 0 Å². The summed E-state index contributed by atoms with van der Waals surface area (Å²) in [6, 6.07) is 5.07. The van der Waals surface area contributed by atoms with Gasteiger partial charge >= 0.3 is 6.09 Å². The number of nitrogens with zero attached hydrogens (tertiary/aromatic N) is 2. The predicted molar refractivity (Wildman–Crippen MR) is 74.7 cm³/mol. The number of carbonyl (C=O) groups is 1. The Morgan fingerprint density at radius 1 is 1.58 bits per heavy atom. The van der Waals surface area contributed by atoms with Crippen LogP contribution in [0.5, 0.6) is 0 Å². The van der Waals surface area contributed by atoms with Gasteiger partial charge < -0.3 is 10.0 Å². The molecule has 2 aromatic rings. The van der Waals surface area contributed by atoms with Crippen LogP contribution in [-0.4, -0.2) is 28.1 Å². The Morgan fingerprint density at radius 2 is 2.32 bits per heavy atom. The highest BCUT2D eigenvalue weighted by Gasteiger charge is 2.15. The van der Waals surface area contributed by atoms with E-state index in [-0.39, 0.29) is 6.54 Å². The summed E-state index contributed by atoms with van der Waals surface area (Å²) < 4.78 is 14.4. The van der Waals surface area contributed by atoms with Crippen molar-refractivity contribution in [3.05, 3.63) is 39.0 Å². The molecule has 0 aliphatic carbocycles. The second-order valence-corrected chi connectivity index (χ2v) is 6.34. The zero-order valence-electron chi connectivity index (χ0n) is 9.93. The molecule has 0 atom stereocenters. The summed E-state index contributed by atoms with van der Waals surface area (Å²) in [6.07, 6.45) is 0.386. The molecule has 2 aromatic heterocycles. The topological polar surface area (TPSA) is 53.4 Å². The van der Waals surface area contributed by atoms with Crippen LogP contribution in [0.15, 0.2) is 28.2 Å². The predicted octanol–water partition coefficient (Wildman–Crippen LogP) is 3.82. The summed E-state index contributed by atoms with van der Waals surface area (Å²) >= 11 is 4.75. The number of halogens is 2. The maximum absolute atomic E-state index is 13.6. The maximum Gasteiger partial charge on any atom is 0.407 e. The first-order valence-electron chi connectivity index (χ1n) is 5.32. The van der Waals surface area contributed by atoms with Crippen LogP contribution in [0.1, 0.15) is 4.88 Å². The van der Waals surface area contributed by atoms with Crippen molar-refractivity contribution in [2.24, 2.45) is 0 Å². The molecule has 1 N–H and O–H groups in total. The van der Waals surface area contributed by atoms with Crippen LogP contribution in [0, 0.1) is 5.95 Å². The number of rotatable bonds is 3. The number of hydrogen-bond donors (Lipinski definition) is 1. The van der Waals surface area contributed by atoms with Crippen molar-refractivity contribution in [1.82, 2.24) is 9.88 Å². The summed E-state index contributed by atoms with van der Waals surface area (Å²) in [5.41, 5.74) is 1.08. The monoisotopic (exact) mass is 344 g/mol. The molecule has 0 radical (unpaired) electrons. The van der Waals surface area contributed by atoms with Crippen LogP contribution in [0.25, 0.3) is 11.1 Å². The van der Waals surface area contributed by atoms with Gasteiger partial charge in [-0.25, -0.2) is 9.78 Å². The standard InChI is InChI=1S/C12H10BrFN2O2S/c1-16(12(17)18)6-7-5-9(10(13)19-7)8-3-2-4-15-11(8)14/h2-5H,6H2,1H3,(H,17,18). The highest BCUT2D eigenvalue weighted by atomic mass is 79.9. The van der Waals surface area contributed by atoms with Gasteiger partial charge in [0.2, 0.25) is 5.95 Å². The lowest BCUT2D eigenvalue weighted by molar-refractivity contribution is 0.154. The van der Waals surface area contributed by atoms with Crippen LogP contribution < -0.4 is 0 Å². The molecule has 19 heavy (non-hydrogen) atoms. The van der Waals surface area contributed by atoms with Crippen LogP contribution in [0.2, 0.25) is 0 Å². The second-order valence-electron chi connectivity index (χ2n) is 3.88. The highest BCUT2D eigenvalue weighted by Crippen LogP contribution is 2.37. The molecule has 0 aliphatic rings. The van der Waals surface area contributed by atoms with E-state index in [9.17, 15) is 9.18 Å². The third kappa shape index (κ3) is 3.10. The van der Waals surface area contributed by atoms with Gasteiger partial charge in [-0.3, -0.25) is 0 Å². The normalized spacial score (nSPS) is 10.5. The number of thiophene rings is 1. The summed E-state index contributed by atoms with van der Waals surface area (Å²) in [5.74, 6) is -0.542. The fourth-order valence-electron chi connectivity index (χ4n) is 1.57. The number of carboxylic acid groups (broad SMARTS) is 1. The smallest absolute Gasteiger partial charge is 0.407 e. The fraction of sp³-hybridized carbons (Fsp3) is 0.167. The van der Waals surface area contributed by atoms with Gasteiger partial charge in [0.15, 0.2) is 0 Å². The highest BCUT2D eigenvalue weighted by molar-refractivity contribution is 9.11. The minimum atomic E-state index is -1.00.